The van der Waals surface area contributed by atoms with Gasteiger partial charge in [-0.1, -0.05) is 0 Å². The van der Waals surface area contributed by atoms with Crippen molar-refractivity contribution >= 4 is 17.5 Å². The van der Waals surface area contributed by atoms with Crippen LogP contribution in [0.2, 0.25) is 0 Å². The van der Waals surface area contributed by atoms with Gasteiger partial charge in [0.25, 0.3) is 5.69 Å². The van der Waals surface area contributed by atoms with Gasteiger partial charge in [0.1, 0.15) is 12.4 Å². The van der Waals surface area contributed by atoms with Crippen LogP contribution in [0.15, 0.2) is 23.3 Å². The first-order chi connectivity index (χ1) is 9.65. The molecule has 1 aromatic carbocycles. The van der Waals surface area contributed by atoms with Gasteiger partial charge in [0.15, 0.2) is 0 Å². The summed E-state index contributed by atoms with van der Waals surface area (Å²) in [6.07, 6.45) is -0.0197. The first kappa shape index (κ1) is 12.4. The third-order valence-electron chi connectivity index (χ3n) is 3.06. The molecule has 0 atom stereocenters. The molecule has 2 aliphatic heterocycles. The number of nitro benzene ring substituents is 1. The lowest BCUT2D eigenvalue weighted by Crippen LogP contribution is -2.24. The Labute approximate surface area is 113 Å². The predicted molar refractivity (Wildman–Crippen MR) is 67.8 cm³/mol. The van der Waals surface area contributed by atoms with Crippen LogP contribution in [0.3, 0.4) is 0 Å². The Morgan fingerprint density at radius 3 is 2.85 bits per heavy atom. The van der Waals surface area contributed by atoms with Crippen LogP contribution in [0.5, 0.6) is 5.75 Å². The highest BCUT2D eigenvalue weighted by atomic mass is 16.6. The second-order valence-electron chi connectivity index (χ2n) is 4.32. The number of hydrazone groups is 1. The SMILES string of the molecule is O=C1OCCN1N=C1CCOc2ccc([N+](=O)[O-])cc21. The minimum atomic E-state index is -0.504. The molecule has 0 bridgehead atoms. The summed E-state index contributed by atoms with van der Waals surface area (Å²) in [4.78, 5) is 21.7. The molecule has 2 heterocycles. The number of carbonyl (C=O) groups excluding carboxylic acids is 1. The number of nitro groups is 1. The van der Waals surface area contributed by atoms with E-state index in [0.717, 1.165) is 0 Å². The van der Waals surface area contributed by atoms with Gasteiger partial charge in [-0.15, -0.1) is 0 Å². The van der Waals surface area contributed by atoms with Gasteiger partial charge in [0.05, 0.1) is 23.8 Å². The normalized spacial score (nSPS) is 19.5. The van der Waals surface area contributed by atoms with E-state index in [9.17, 15) is 14.9 Å². The second-order valence-corrected chi connectivity index (χ2v) is 4.32. The Morgan fingerprint density at radius 1 is 1.30 bits per heavy atom. The van der Waals surface area contributed by atoms with Crippen LogP contribution in [-0.4, -0.2) is 41.5 Å². The minimum absolute atomic E-state index is 0.0362. The molecular weight excluding hydrogens is 266 g/mol. The fourth-order valence-corrected chi connectivity index (χ4v) is 2.10. The molecule has 1 fully saturated rings. The third kappa shape index (κ3) is 2.15. The van der Waals surface area contributed by atoms with Crippen molar-refractivity contribution in [1.82, 2.24) is 5.01 Å². The standard InChI is InChI=1S/C12H11N3O5/c16-12-14(4-6-20-12)13-10-3-5-19-11-2-1-8(15(17)18)7-9(10)11/h1-2,7H,3-6H2. The van der Waals surface area contributed by atoms with Crippen molar-refractivity contribution in [2.24, 2.45) is 5.10 Å². The van der Waals surface area contributed by atoms with Gasteiger partial charge in [0.2, 0.25) is 0 Å². The summed E-state index contributed by atoms with van der Waals surface area (Å²) in [5, 5.41) is 16.3. The van der Waals surface area contributed by atoms with E-state index >= 15 is 0 Å². The number of amides is 1. The fourth-order valence-electron chi connectivity index (χ4n) is 2.10. The van der Waals surface area contributed by atoms with Crippen LogP contribution in [-0.2, 0) is 4.74 Å². The Morgan fingerprint density at radius 2 is 2.15 bits per heavy atom. The number of ether oxygens (including phenoxy) is 2. The summed E-state index contributed by atoms with van der Waals surface area (Å²) in [7, 11) is 0. The Bertz CT molecular complexity index is 613. The predicted octanol–water partition coefficient (Wildman–Crippen LogP) is 1.53. The van der Waals surface area contributed by atoms with E-state index in [1.54, 1.807) is 6.07 Å². The largest absolute Gasteiger partial charge is 0.492 e. The number of hydrogen-bond acceptors (Lipinski definition) is 6. The van der Waals surface area contributed by atoms with E-state index in [1.165, 1.54) is 17.1 Å². The topological polar surface area (TPSA) is 94.3 Å². The molecule has 20 heavy (non-hydrogen) atoms. The van der Waals surface area contributed by atoms with Crippen LogP contribution in [0.25, 0.3) is 0 Å². The second kappa shape index (κ2) is 4.80. The van der Waals surface area contributed by atoms with Crippen LogP contribution >= 0.6 is 0 Å². The van der Waals surface area contributed by atoms with E-state index < -0.39 is 11.0 Å². The summed E-state index contributed by atoms with van der Waals surface area (Å²) in [6.45, 7) is 1.11. The highest BCUT2D eigenvalue weighted by molar-refractivity contribution is 6.04. The zero-order valence-electron chi connectivity index (χ0n) is 10.4. The van der Waals surface area contributed by atoms with Gasteiger partial charge in [0, 0.05) is 24.1 Å². The highest BCUT2D eigenvalue weighted by Gasteiger charge is 2.25. The number of fused-ring (bicyclic) bond motifs is 1. The average Bonchev–Trinajstić information content (AvgIpc) is 2.84. The number of non-ortho nitro benzene ring substituents is 1. The van der Waals surface area contributed by atoms with Gasteiger partial charge in [-0.25, -0.2) is 4.79 Å². The molecule has 0 aliphatic carbocycles. The van der Waals surface area contributed by atoms with Crippen molar-refractivity contribution in [3.63, 3.8) is 0 Å². The average molecular weight is 277 g/mol. The maximum absolute atomic E-state index is 11.4. The molecule has 104 valence electrons. The van der Waals surface area contributed by atoms with E-state index in [2.05, 4.69) is 5.10 Å². The van der Waals surface area contributed by atoms with Crippen molar-refractivity contribution in [3.05, 3.63) is 33.9 Å². The van der Waals surface area contributed by atoms with E-state index in [0.29, 0.717) is 43.2 Å². The van der Waals surface area contributed by atoms with E-state index in [4.69, 9.17) is 9.47 Å². The number of hydrogen-bond donors (Lipinski definition) is 0. The van der Waals surface area contributed by atoms with Crippen LogP contribution in [0.4, 0.5) is 10.5 Å². The molecule has 8 nitrogen and oxygen atoms in total. The maximum Gasteiger partial charge on any atom is 0.430 e. The molecule has 2 aliphatic rings. The minimum Gasteiger partial charge on any atom is -0.492 e. The number of benzene rings is 1. The van der Waals surface area contributed by atoms with Gasteiger partial charge < -0.3 is 9.47 Å². The number of nitrogens with zero attached hydrogens (tertiary/aromatic N) is 3. The maximum atomic E-state index is 11.4. The highest BCUT2D eigenvalue weighted by Crippen LogP contribution is 2.29. The van der Waals surface area contributed by atoms with Crippen molar-refractivity contribution in [2.75, 3.05) is 19.8 Å². The van der Waals surface area contributed by atoms with Gasteiger partial charge in [-0.3, -0.25) is 10.1 Å². The molecule has 0 spiro atoms. The molecule has 0 radical (unpaired) electrons. The summed E-state index contributed by atoms with van der Waals surface area (Å²) in [5.41, 5.74) is 1.10. The summed E-state index contributed by atoms with van der Waals surface area (Å²) in [6, 6.07) is 4.34. The molecule has 3 rings (SSSR count). The molecule has 0 unspecified atom stereocenters. The van der Waals surface area contributed by atoms with E-state index in [-0.39, 0.29) is 5.69 Å². The van der Waals surface area contributed by atoms with Crippen molar-refractivity contribution < 1.29 is 19.2 Å². The van der Waals surface area contributed by atoms with E-state index in [1.807, 2.05) is 0 Å². The smallest absolute Gasteiger partial charge is 0.430 e. The van der Waals surface area contributed by atoms with Crippen molar-refractivity contribution in [2.45, 2.75) is 6.42 Å². The lowest BCUT2D eigenvalue weighted by molar-refractivity contribution is -0.384. The molecule has 1 amide bonds. The van der Waals surface area contributed by atoms with Crippen LogP contribution in [0, 0.1) is 10.1 Å². The Hall–Kier alpha value is -2.64. The molecule has 0 aromatic heterocycles. The summed E-state index contributed by atoms with van der Waals surface area (Å²) < 4.78 is 10.2. The number of carbonyl (C=O) groups is 1. The first-order valence-corrected chi connectivity index (χ1v) is 6.08. The molecule has 8 heteroatoms. The Kier molecular flexibility index (Phi) is 2.97. The zero-order valence-corrected chi connectivity index (χ0v) is 10.4. The van der Waals surface area contributed by atoms with Gasteiger partial charge in [-0.05, 0) is 6.07 Å². The van der Waals surface area contributed by atoms with Gasteiger partial charge in [-0.2, -0.15) is 10.1 Å². The monoisotopic (exact) mass is 277 g/mol. The molecule has 1 saturated heterocycles. The van der Waals surface area contributed by atoms with Crippen molar-refractivity contribution in [3.8, 4) is 5.75 Å². The lowest BCUT2D eigenvalue weighted by Gasteiger charge is -2.19. The third-order valence-corrected chi connectivity index (χ3v) is 3.06. The molecule has 0 N–H and O–H groups in total. The fraction of sp³-hybridized carbons (Fsp3) is 0.333. The molecule has 0 saturated carbocycles. The zero-order chi connectivity index (χ0) is 14.1. The van der Waals surface area contributed by atoms with Gasteiger partial charge >= 0.3 is 6.09 Å². The number of cyclic esters (lactones) is 1. The van der Waals surface area contributed by atoms with Crippen LogP contribution in [0.1, 0.15) is 12.0 Å². The lowest BCUT2D eigenvalue weighted by atomic mass is 10.0. The summed E-state index contributed by atoms with van der Waals surface area (Å²) in [5.74, 6) is 0.535. The van der Waals surface area contributed by atoms with Crippen LogP contribution < -0.4 is 4.74 Å². The molecular formula is C12H11N3O5. The molecule has 1 aromatic rings. The Balaban J connectivity index is 1.99. The number of rotatable bonds is 2. The summed E-state index contributed by atoms with van der Waals surface area (Å²) >= 11 is 0. The van der Waals surface area contributed by atoms with Crippen molar-refractivity contribution in [1.29, 1.82) is 0 Å². The quantitative estimate of drug-likeness (QED) is 0.603. The first-order valence-electron chi connectivity index (χ1n) is 6.08.